The van der Waals surface area contributed by atoms with Crippen LogP contribution in [-0.2, 0) is 21.7 Å². The van der Waals surface area contributed by atoms with Gasteiger partial charge in [-0.15, -0.1) is 67.3 Å². The van der Waals surface area contributed by atoms with Crippen molar-refractivity contribution in [3.8, 4) is 0 Å². The van der Waals surface area contributed by atoms with Crippen LogP contribution in [0.25, 0.3) is 0 Å². The molecule has 0 aliphatic carbocycles. The molecular formula is C2H12AlCl5Ti. The summed E-state index contributed by atoms with van der Waals surface area (Å²) in [5, 5.41) is 1.39. The van der Waals surface area contributed by atoms with E-state index in [9.17, 15) is 0 Å². The fourth-order valence-electron chi connectivity index (χ4n) is 0. The average Bonchev–Trinajstić information content (AvgIpc) is 0.918. The minimum Gasteiger partial charge on any atom is -0.147 e. The molecule has 0 bridgehead atoms. The van der Waals surface area contributed by atoms with Crippen molar-refractivity contribution in [1.82, 2.24) is 0 Å². The summed E-state index contributed by atoms with van der Waals surface area (Å²) in [5.74, 6) is 0. The summed E-state index contributed by atoms with van der Waals surface area (Å²) in [7, 11) is 0. The molecule has 0 atom stereocenters. The SMILES string of the molecule is C[CH2][AlH2].Cl.Cl.Cl.Cl.Cl.[Ti]. The predicted octanol–water partition coefficient (Wildman–Crippen LogP) is 2.16. The topological polar surface area (TPSA) is 0 Å². The standard InChI is InChI=1S/C2H5.Al.5ClH.Ti.2H/c1-2;;;;;;;;;/h1H2,2H3;;5*1H;;;. The molecule has 0 rings (SSSR count). The Kier molecular flexibility index (Phi) is 496. The quantitative estimate of drug-likeness (QED) is 0.599. The van der Waals surface area contributed by atoms with Gasteiger partial charge in [0.05, 0.1) is 0 Å². The maximum absolute atomic E-state index is 2.19. The summed E-state index contributed by atoms with van der Waals surface area (Å²) in [6.45, 7) is 2.19. The molecule has 0 radical (unpaired) electrons. The van der Waals surface area contributed by atoms with Gasteiger partial charge in [0.2, 0.25) is 16.3 Å². The molecule has 0 saturated heterocycles. The number of hydrogen-bond donors (Lipinski definition) is 0. The van der Waals surface area contributed by atoms with Crippen molar-refractivity contribution in [1.29, 1.82) is 0 Å². The summed E-state index contributed by atoms with van der Waals surface area (Å²) >= 11 is 1.37. The van der Waals surface area contributed by atoms with Crippen molar-refractivity contribution in [2.24, 2.45) is 0 Å². The third-order valence-electron chi connectivity index (χ3n) is 0. The molecule has 0 saturated carbocycles. The Hall–Kier alpha value is 2.70. The van der Waals surface area contributed by atoms with E-state index >= 15 is 0 Å². The van der Waals surface area contributed by atoms with Crippen LogP contribution in [0.15, 0.2) is 0 Å². The van der Waals surface area contributed by atoms with Crippen LogP contribution in [0.4, 0.5) is 0 Å². The zero-order valence-electron chi connectivity index (χ0n) is 5.25. The second kappa shape index (κ2) is 73.6. The third kappa shape index (κ3) is 111. The van der Waals surface area contributed by atoms with Crippen molar-refractivity contribution in [3.63, 3.8) is 0 Å². The van der Waals surface area contributed by atoms with Crippen molar-refractivity contribution in [2.75, 3.05) is 0 Å². The maximum Gasteiger partial charge on any atom is 0.211 e. The number of rotatable bonds is 0. The Morgan fingerprint density at radius 2 is 0.889 bits per heavy atom. The molecule has 0 aliphatic heterocycles. The van der Waals surface area contributed by atoms with Gasteiger partial charge in [0.15, 0.2) is 0 Å². The molecule has 0 aromatic carbocycles. The molecule has 0 heterocycles. The molecule has 0 N–H and O–H groups in total. The van der Waals surface area contributed by atoms with Gasteiger partial charge in [0.1, 0.15) is 0 Å². The second-order valence-corrected chi connectivity index (χ2v) is 2.12. The Balaban J connectivity index is -0.00000000133. The molecule has 62 valence electrons. The van der Waals surface area contributed by atoms with E-state index in [1.165, 1.54) is 21.6 Å². The molecular weight excluding hydrogens is 276 g/mol. The first-order chi connectivity index (χ1) is 1.41. The van der Waals surface area contributed by atoms with Crippen molar-refractivity contribution in [3.05, 3.63) is 0 Å². The normalized spacial score (nSPS) is 1.89. The van der Waals surface area contributed by atoms with E-state index in [0.29, 0.717) is 0 Å². The van der Waals surface area contributed by atoms with Crippen LogP contribution in [0.1, 0.15) is 6.92 Å². The van der Waals surface area contributed by atoms with Gasteiger partial charge in [-0.25, -0.2) is 0 Å². The van der Waals surface area contributed by atoms with Gasteiger partial charge >= 0.3 is 0 Å². The van der Waals surface area contributed by atoms with Gasteiger partial charge in [0.25, 0.3) is 0 Å². The number of hydrogen-bond acceptors (Lipinski definition) is 0. The van der Waals surface area contributed by atoms with Gasteiger partial charge in [0, 0.05) is 21.7 Å². The zero-order chi connectivity index (χ0) is 2.71. The van der Waals surface area contributed by atoms with Crippen LogP contribution in [0.5, 0.6) is 0 Å². The predicted molar refractivity (Wildman–Crippen MR) is 55.3 cm³/mol. The molecule has 0 aromatic rings. The van der Waals surface area contributed by atoms with Crippen LogP contribution < -0.4 is 0 Å². The molecule has 0 fully saturated rings. The van der Waals surface area contributed by atoms with E-state index in [2.05, 4.69) is 6.92 Å². The van der Waals surface area contributed by atoms with Crippen LogP contribution in [0, 0.1) is 0 Å². The molecule has 0 aliphatic rings. The second-order valence-electron chi connectivity index (χ2n) is 0.707. The first kappa shape index (κ1) is 60.7. The zero-order valence-corrected chi connectivity index (χ0v) is 12.9. The van der Waals surface area contributed by atoms with E-state index in [-0.39, 0.29) is 83.8 Å². The average molecular weight is 288 g/mol. The first-order valence-electron chi connectivity index (χ1n) is 1.41. The summed E-state index contributed by atoms with van der Waals surface area (Å²) in [5.41, 5.74) is 0. The maximum atomic E-state index is 2.19. The molecule has 0 aromatic heterocycles. The van der Waals surface area contributed by atoms with Crippen molar-refractivity contribution in [2.45, 2.75) is 12.2 Å². The van der Waals surface area contributed by atoms with E-state index in [1.807, 2.05) is 0 Å². The molecule has 0 amide bonds. The van der Waals surface area contributed by atoms with Gasteiger partial charge < -0.3 is 0 Å². The Bertz CT molecular complexity index is 14.9. The smallest absolute Gasteiger partial charge is 0.147 e. The van der Waals surface area contributed by atoms with Gasteiger partial charge in [-0.1, -0.05) is 6.92 Å². The molecule has 0 spiro atoms. The van der Waals surface area contributed by atoms with Crippen LogP contribution in [0.3, 0.4) is 0 Å². The minimum atomic E-state index is 0. The van der Waals surface area contributed by atoms with E-state index < -0.39 is 0 Å². The summed E-state index contributed by atoms with van der Waals surface area (Å²) in [6, 6.07) is 0. The fraction of sp³-hybridized carbons (Fsp3) is 1.00. The summed E-state index contributed by atoms with van der Waals surface area (Å²) in [4.78, 5) is 0. The molecule has 7 heteroatoms. The van der Waals surface area contributed by atoms with E-state index in [1.54, 1.807) is 0 Å². The van der Waals surface area contributed by atoms with E-state index in [4.69, 9.17) is 0 Å². The molecule has 0 nitrogen and oxygen atoms in total. The number of halogens is 5. The first-order valence-corrected chi connectivity index (χ1v) is 2.83. The van der Waals surface area contributed by atoms with Crippen molar-refractivity contribution >= 4 is 78.3 Å². The van der Waals surface area contributed by atoms with Gasteiger partial charge in [-0.05, 0) is 0 Å². The van der Waals surface area contributed by atoms with Crippen molar-refractivity contribution < 1.29 is 21.7 Å². The van der Waals surface area contributed by atoms with E-state index in [0.717, 1.165) is 0 Å². The Morgan fingerprint density at radius 3 is 0.889 bits per heavy atom. The fourth-order valence-corrected chi connectivity index (χ4v) is 0. The minimum absolute atomic E-state index is 0. The Labute approximate surface area is 111 Å². The van der Waals surface area contributed by atoms with Crippen LogP contribution in [0.2, 0.25) is 5.28 Å². The monoisotopic (exact) mass is 286 g/mol. The van der Waals surface area contributed by atoms with Gasteiger partial charge in [-0.2, -0.15) is 0 Å². The summed E-state index contributed by atoms with van der Waals surface area (Å²) in [6.07, 6.45) is 0. The largest absolute Gasteiger partial charge is 0.211 e. The van der Waals surface area contributed by atoms with Crippen LogP contribution >= 0.6 is 62.0 Å². The summed E-state index contributed by atoms with van der Waals surface area (Å²) < 4.78 is 0. The van der Waals surface area contributed by atoms with Gasteiger partial charge in [-0.3, -0.25) is 0 Å². The molecule has 9 heavy (non-hydrogen) atoms. The Morgan fingerprint density at radius 1 is 0.889 bits per heavy atom. The molecule has 0 unspecified atom stereocenters. The third-order valence-corrected chi connectivity index (χ3v) is 0. The van der Waals surface area contributed by atoms with Crippen LogP contribution in [-0.4, -0.2) is 16.3 Å².